The second-order valence-electron chi connectivity index (χ2n) is 7.68. The Morgan fingerprint density at radius 3 is 2.11 bits per heavy atom. The Morgan fingerprint density at radius 2 is 1.48 bits per heavy atom. The lowest BCUT2D eigenvalue weighted by Crippen LogP contribution is -2.55. The van der Waals surface area contributed by atoms with E-state index >= 15 is 0 Å². The zero-order valence-corrected chi connectivity index (χ0v) is 17.2. The van der Waals surface area contributed by atoms with Crippen molar-refractivity contribution in [2.75, 3.05) is 19.8 Å². The van der Waals surface area contributed by atoms with Crippen LogP contribution in [0.5, 0.6) is 0 Å². The SMILES string of the molecule is CCCC/C=C/CCCCCCCCCCO[C@H]1[C@H](O)[C@@H](CO)OC[C@@H]1O. The van der Waals surface area contributed by atoms with E-state index < -0.39 is 24.4 Å². The van der Waals surface area contributed by atoms with E-state index in [1.54, 1.807) is 0 Å². The third-order valence-electron chi connectivity index (χ3n) is 5.22. The highest BCUT2D eigenvalue weighted by Gasteiger charge is 2.38. The standard InChI is InChI=1S/C22H42O5/c1-2-3-4-5-6-7-8-9-10-11-12-13-14-15-16-26-22-19(24)18-27-20(17-23)21(22)25/h5-6,19-25H,2-4,7-18H2,1H3/b6-5+/t19-,20+,21+,22+/m0/s1. The van der Waals surface area contributed by atoms with Gasteiger partial charge in [0.15, 0.2) is 0 Å². The molecule has 1 fully saturated rings. The summed E-state index contributed by atoms with van der Waals surface area (Å²) in [6.45, 7) is 2.60. The Hall–Kier alpha value is -0.460. The van der Waals surface area contributed by atoms with Crippen molar-refractivity contribution in [3.05, 3.63) is 12.2 Å². The number of allylic oxidation sites excluding steroid dienone is 2. The van der Waals surface area contributed by atoms with Crippen LogP contribution in [-0.2, 0) is 9.47 Å². The number of hydrogen-bond donors (Lipinski definition) is 3. The molecule has 0 aromatic carbocycles. The van der Waals surface area contributed by atoms with Gasteiger partial charge in [0, 0.05) is 6.61 Å². The summed E-state index contributed by atoms with van der Waals surface area (Å²) in [5.41, 5.74) is 0. The Labute approximate surface area is 165 Å². The van der Waals surface area contributed by atoms with Gasteiger partial charge in [-0.05, 0) is 25.7 Å². The van der Waals surface area contributed by atoms with Crippen molar-refractivity contribution in [2.45, 2.75) is 108 Å². The van der Waals surface area contributed by atoms with Crippen LogP contribution in [0.4, 0.5) is 0 Å². The molecule has 1 aliphatic rings. The molecule has 5 heteroatoms. The van der Waals surface area contributed by atoms with E-state index in [4.69, 9.17) is 14.6 Å². The average molecular weight is 387 g/mol. The highest BCUT2D eigenvalue weighted by Crippen LogP contribution is 2.19. The minimum absolute atomic E-state index is 0.0987. The van der Waals surface area contributed by atoms with Crippen molar-refractivity contribution < 1.29 is 24.8 Å². The summed E-state index contributed by atoms with van der Waals surface area (Å²) in [4.78, 5) is 0. The summed E-state index contributed by atoms with van der Waals surface area (Å²) in [6.07, 6.45) is 16.4. The van der Waals surface area contributed by atoms with Crippen molar-refractivity contribution in [3.63, 3.8) is 0 Å². The molecule has 0 aromatic heterocycles. The zero-order chi connectivity index (χ0) is 19.7. The molecule has 1 aliphatic heterocycles. The van der Waals surface area contributed by atoms with E-state index in [1.165, 1.54) is 64.2 Å². The Bertz CT molecular complexity index is 361. The first kappa shape index (κ1) is 24.6. The first-order valence-corrected chi connectivity index (χ1v) is 11.1. The van der Waals surface area contributed by atoms with Gasteiger partial charge >= 0.3 is 0 Å². The van der Waals surface area contributed by atoms with Gasteiger partial charge in [0.1, 0.15) is 24.4 Å². The fourth-order valence-corrected chi connectivity index (χ4v) is 3.43. The van der Waals surface area contributed by atoms with Crippen molar-refractivity contribution in [1.29, 1.82) is 0 Å². The molecule has 1 rings (SSSR count). The molecule has 0 aliphatic carbocycles. The van der Waals surface area contributed by atoms with Gasteiger partial charge in [-0.1, -0.05) is 70.4 Å². The molecule has 4 atom stereocenters. The molecule has 0 aromatic rings. The number of rotatable bonds is 16. The van der Waals surface area contributed by atoms with Crippen LogP contribution in [-0.4, -0.2) is 59.6 Å². The maximum Gasteiger partial charge on any atom is 0.114 e. The maximum atomic E-state index is 10.0. The van der Waals surface area contributed by atoms with Crippen LogP contribution in [0.3, 0.4) is 0 Å². The number of ether oxygens (including phenoxy) is 2. The minimum Gasteiger partial charge on any atom is -0.394 e. The van der Waals surface area contributed by atoms with Crippen LogP contribution in [0.25, 0.3) is 0 Å². The number of unbranched alkanes of at least 4 members (excludes halogenated alkanes) is 10. The Kier molecular flexibility index (Phi) is 15.0. The van der Waals surface area contributed by atoms with Crippen LogP contribution in [0, 0.1) is 0 Å². The highest BCUT2D eigenvalue weighted by atomic mass is 16.6. The molecule has 1 saturated heterocycles. The van der Waals surface area contributed by atoms with Crippen molar-refractivity contribution in [3.8, 4) is 0 Å². The normalized spacial score (nSPS) is 26.1. The molecular weight excluding hydrogens is 344 g/mol. The summed E-state index contributed by atoms with van der Waals surface area (Å²) < 4.78 is 10.8. The second kappa shape index (κ2) is 16.5. The van der Waals surface area contributed by atoms with Gasteiger partial charge < -0.3 is 24.8 Å². The van der Waals surface area contributed by atoms with Gasteiger partial charge in [0.25, 0.3) is 0 Å². The zero-order valence-electron chi connectivity index (χ0n) is 17.2. The van der Waals surface area contributed by atoms with Gasteiger partial charge in [-0.2, -0.15) is 0 Å². The van der Waals surface area contributed by atoms with Gasteiger partial charge in [-0.15, -0.1) is 0 Å². The quantitative estimate of drug-likeness (QED) is 0.278. The lowest BCUT2D eigenvalue weighted by molar-refractivity contribution is -0.210. The molecule has 0 radical (unpaired) electrons. The molecule has 160 valence electrons. The molecule has 0 bridgehead atoms. The first-order chi connectivity index (χ1) is 13.2. The largest absolute Gasteiger partial charge is 0.394 e. The molecule has 0 saturated carbocycles. The number of aliphatic hydroxyl groups is 3. The van der Waals surface area contributed by atoms with Gasteiger partial charge in [-0.25, -0.2) is 0 Å². The number of aliphatic hydroxyl groups excluding tert-OH is 3. The minimum atomic E-state index is -0.972. The monoisotopic (exact) mass is 386 g/mol. The maximum absolute atomic E-state index is 10.0. The second-order valence-corrected chi connectivity index (χ2v) is 7.68. The van der Waals surface area contributed by atoms with E-state index in [1.807, 2.05) is 0 Å². The lowest BCUT2D eigenvalue weighted by Gasteiger charge is -2.37. The van der Waals surface area contributed by atoms with E-state index in [9.17, 15) is 10.2 Å². The molecule has 1 heterocycles. The molecule has 0 unspecified atom stereocenters. The smallest absolute Gasteiger partial charge is 0.114 e. The predicted molar refractivity (Wildman–Crippen MR) is 109 cm³/mol. The topological polar surface area (TPSA) is 79.2 Å². The summed E-state index contributed by atoms with van der Waals surface area (Å²) >= 11 is 0. The van der Waals surface area contributed by atoms with Crippen molar-refractivity contribution in [1.82, 2.24) is 0 Å². The Balaban J connectivity index is 1.89. The van der Waals surface area contributed by atoms with Crippen molar-refractivity contribution in [2.24, 2.45) is 0 Å². The van der Waals surface area contributed by atoms with E-state index in [0.717, 1.165) is 12.8 Å². The van der Waals surface area contributed by atoms with Gasteiger partial charge in [0.05, 0.1) is 13.2 Å². The summed E-state index contributed by atoms with van der Waals surface area (Å²) in [5.74, 6) is 0. The third kappa shape index (κ3) is 11.2. The molecule has 5 nitrogen and oxygen atoms in total. The summed E-state index contributed by atoms with van der Waals surface area (Å²) in [5, 5.41) is 29.1. The predicted octanol–water partition coefficient (Wildman–Crippen LogP) is 3.74. The summed E-state index contributed by atoms with van der Waals surface area (Å²) in [7, 11) is 0. The number of hydrogen-bond acceptors (Lipinski definition) is 5. The molecule has 0 amide bonds. The van der Waals surface area contributed by atoms with E-state index in [-0.39, 0.29) is 13.2 Å². The molecule has 3 N–H and O–H groups in total. The fraction of sp³-hybridized carbons (Fsp3) is 0.909. The molecule has 27 heavy (non-hydrogen) atoms. The van der Waals surface area contributed by atoms with Crippen LogP contribution in [0.15, 0.2) is 12.2 Å². The summed E-state index contributed by atoms with van der Waals surface area (Å²) in [6, 6.07) is 0. The highest BCUT2D eigenvalue weighted by molar-refractivity contribution is 4.87. The van der Waals surface area contributed by atoms with Crippen LogP contribution >= 0.6 is 0 Å². The average Bonchev–Trinajstić information content (AvgIpc) is 2.67. The van der Waals surface area contributed by atoms with Crippen LogP contribution in [0.2, 0.25) is 0 Å². The lowest BCUT2D eigenvalue weighted by atomic mass is 10.0. The Morgan fingerprint density at radius 1 is 0.889 bits per heavy atom. The van der Waals surface area contributed by atoms with Crippen LogP contribution < -0.4 is 0 Å². The first-order valence-electron chi connectivity index (χ1n) is 11.1. The molecule has 0 spiro atoms. The third-order valence-corrected chi connectivity index (χ3v) is 5.22. The molecular formula is C22H42O5. The fourth-order valence-electron chi connectivity index (χ4n) is 3.43. The van der Waals surface area contributed by atoms with Crippen molar-refractivity contribution >= 4 is 0 Å². The van der Waals surface area contributed by atoms with Crippen LogP contribution in [0.1, 0.15) is 84.0 Å². The van der Waals surface area contributed by atoms with E-state index in [0.29, 0.717) is 6.61 Å². The van der Waals surface area contributed by atoms with Gasteiger partial charge in [0.2, 0.25) is 0 Å². The van der Waals surface area contributed by atoms with Gasteiger partial charge in [-0.3, -0.25) is 0 Å². The van der Waals surface area contributed by atoms with E-state index in [2.05, 4.69) is 19.1 Å².